The van der Waals surface area contributed by atoms with Crippen LogP contribution in [0.1, 0.15) is 5.56 Å². The Bertz CT molecular complexity index is 522. The van der Waals surface area contributed by atoms with Crippen molar-refractivity contribution in [2.45, 2.75) is 6.92 Å². The van der Waals surface area contributed by atoms with Crippen LogP contribution in [0, 0.1) is 6.92 Å². The number of ether oxygens (including phenoxy) is 1. The normalized spacial score (nSPS) is 10.2. The van der Waals surface area contributed by atoms with Gasteiger partial charge in [0.25, 0.3) is 0 Å². The summed E-state index contributed by atoms with van der Waals surface area (Å²) < 4.78 is 4.66. The Morgan fingerprint density at radius 2 is 2.27 bits per heavy atom. The highest BCUT2D eigenvalue weighted by Gasteiger charge is 2.06. The number of rotatable bonds is 1. The van der Waals surface area contributed by atoms with Gasteiger partial charge in [-0.1, -0.05) is 6.07 Å². The van der Waals surface area contributed by atoms with Crippen LogP contribution in [0.25, 0.3) is 10.9 Å². The number of aryl methyl sites for hydroxylation is 1. The van der Waals surface area contributed by atoms with E-state index in [1.54, 1.807) is 18.3 Å². The molecule has 1 N–H and O–H groups in total. The summed E-state index contributed by atoms with van der Waals surface area (Å²) >= 11 is 0. The summed E-state index contributed by atoms with van der Waals surface area (Å²) in [7, 11) is 0. The Hall–Kier alpha value is -2.10. The molecule has 4 nitrogen and oxygen atoms in total. The lowest BCUT2D eigenvalue weighted by Gasteiger charge is -2.04. The molecule has 0 unspecified atom stereocenters. The van der Waals surface area contributed by atoms with E-state index >= 15 is 0 Å². The molecule has 0 fully saturated rings. The first-order valence-electron chi connectivity index (χ1n) is 4.43. The fourth-order valence-corrected chi connectivity index (χ4v) is 1.41. The second-order valence-electron chi connectivity index (χ2n) is 3.20. The van der Waals surface area contributed by atoms with E-state index in [1.807, 2.05) is 19.1 Å². The standard InChI is InChI=1S/C11H9NO3/c1-7-5-8-9(12-6-7)3-2-4-10(8)15-11(13)14/h2-6H,1H3,(H,13,14). The summed E-state index contributed by atoms with van der Waals surface area (Å²) in [5.74, 6) is 0.316. The fourth-order valence-electron chi connectivity index (χ4n) is 1.41. The second kappa shape index (κ2) is 3.57. The van der Waals surface area contributed by atoms with Crippen LogP contribution in [0.2, 0.25) is 0 Å². The summed E-state index contributed by atoms with van der Waals surface area (Å²) in [6.07, 6.45) is 0.413. The van der Waals surface area contributed by atoms with Crippen LogP contribution in [0.4, 0.5) is 4.79 Å². The van der Waals surface area contributed by atoms with E-state index in [1.165, 1.54) is 0 Å². The summed E-state index contributed by atoms with van der Waals surface area (Å²) in [5.41, 5.74) is 1.68. The van der Waals surface area contributed by atoms with Crippen molar-refractivity contribution in [3.05, 3.63) is 36.0 Å². The molecule has 1 aromatic heterocycles. The van der Waals surface area contributed by atoms with Gasteiger partial charge in [0, 0.05) is 11.6 Å². The number of hydrogen-bond acceptors (Lipinski definition) is 3. The number of carbonyl (C=O) groups is 1. The molecule has 0 saturated carbocycles. The molecular weight excluding hydrogens is 194 g/mol. The van der Waals surface area contributed by atoms with Gasteiger partial charge in [-0.3, -0.25) is 4.98 Å². The molecule has 0 saturated heterocycles. The Morgan fingerprint density at radius 3 is 3.00 bits per heavy atom. The van der Waals surface area contributed by atoms with E-state index < -0.39 is 6.16 Å². The molecule has 0 aliphatic carbocycles. The van der Waals surface area contributed by atoms with E-state index in [0.29, 0.717) is 11.1 Å². The SMILES string of the molecule is Cc1cnc2cccc(OC(=O)O)c2c1. The molecule has 0 aliphatic rings. The van der Waals surface area contributed by atoms with Gasteiger partial charge >= 0.3 is 6.16 Å². The van der Waals surface area contributed by atoms with Crippen molar-refractivity contribution in [3.8, 4) is 5.75 Å². The molecule has 15 heavy (non-hydrogen) atoms. The van der Waals surface area contributed by atoms with Crippen molar-refractivity contribution in [1.29, 1.82) is 0 Å². The number of aromatic nitrogens is 1. The lowest BCUT2D eigenvalue weighted by atomic mass is 10.1. The minimum absolute atomic E-state index is 0.316. The van der Waals surface area contributed by atoms with Crippen LogP contribution in [0.15, 0.2) is 30.5 Å². The first-order valence-corrected chi connectivity index (χ1v) is 4.43. The van der Waals surface area contributed by atoms with Gasteiger partial charge < -0.3 is 9.84 Å². The van der Waals surface area contributed by atoms with E-state index in [9.17, 15) is 4.79 Å². The van der Waals surface area contributed by atoms with Crippen LogP contribution >= 0.6 is 0 Å². The zero-order valence-electron chi connectivity index (χ0n) is 8.10. The average molecular weight is 203 g/mol. The van der Waals surface area contributed by atoms with Crippen LogP contribution in [0.3, 0.4) is 0 Å². The summed E-state index contributed by atoms with van der Waals surface area (Å²) in [5, 5.41) is 9.26. The van der Waals surface area contributed by atoms with Gasteiger partial charge in [-0.05, 0) is 30.7 Å². The number of fused-ring (bicyclic) bond motifs is 1. The molecular formula is C11H9NO3. The zero-order valence-corrected chi connectivity index (χ0v) is 8.10. The van der Waals surface area contributed by atoms with Crippen molar-refractivity contribution in [3.63, 3.8) is 0 Å². The topological polar surface area (TPSA) is 59.4 Å². The largest absolute Gasteiger partial charge is 0.511 e. The predicted molar refractivity (Wildman–Crippen MR) is 55.1 cm³/mol. The number of benzene rings is 1. The summed E-state index contributed by atoms with van der Waals surface area (Å²) in [6.45, 7) is 1.89. The summed E-state index contributed by atoms with van der Waals surface area (Å²) in [6, 6.07) is 6.98. The van der Waals surface area contributed by atoms with Gasteiger partial charge in [0.05, 0.1) is 5.52 Å². The van der Waals surface area contributed by atoms with Gasteiger partial charge in [0.2, 0.25) is 0 Å². The van der Waals surface area contributed by atoms with Gasteiger partial charge in [0.1, 0.15) is 5.75 Å². The van der Waals surface area contributed by atoms with Crippen LogP contribution in [-0.4, -0.2) is 16.2 Å². The quantitative estimate of drug-likeness (QED) is 0.571. The molecule has 0 radical (unpaired) electrons. The number of pyridine rings is 1. The number of hydrogen-bond donors (Lipinski definition) is 1. The maximum absolute atomic E-state index is 10.5. The third-order valence-electron chi connectivity index (χ3n) is 2.02. The lowest BCUT2D eigenvalue weighted by molar-refractivity contribution is 0.145. The Kier molecular flexibility index (Phi) is 2.25. The molecule has 0 aliphatic heterocycles. The predicted octanol–water partition coefficient (Wildman–Crippen LogP) is 2.60. The molecule has 2 aromatic rings. The third kappa shape index (κ3) is 1.88. The molecule has 0 amide bonds. The van der Waals surface area contributed by atoms with Crippen molar-refractivity contribution >= 4 is 17.1 Å². The van der Waals surface area contributed by atoms with Crippen LogP contribution in [-0.2, 0) is 0 Å². The second-order valence-corrected chi connectivity index (χ2v) is 3.20. The molecule has 1 heterocycles. The monoisotopic (exact) mass is 203 g/mol. The van der Waals surface area contributed by atoms with Gasteiger partial charge in [-0.25, -0.2) is 4.79 Å². The number of nitrogens with zero attached hydrogens (tertiary/aromatic N) is 1. The molecule has 1 aromatic carbocycles. The van der Waals surface area contributed by atoms with E-state index in [2.05, 4.69) is 9.72 Å². The van der Waals surface area contributed by atoms with Crippen molar-refractivity contribution < 1.29 is 14.6 Å². The Balaban J connectivity index is 2.63. The van der Waals surface area contributed by atoms with E-state index in [-0.39, 0.29) is 0 Å². The minimum atomic E-state index is -1.32. The molecule has 2 rings (SSSR count). The Morgan fingerprint density at radius 1 is 1.47 bits per heavy atom. The van der Waals surface area contributed by atoms with Gasteiger partial charge in [-0.2, -0.15) is 0 Å². The van der Waals surface area contributed by atoms with Crippen molar-refractivity contribution in [1.82, 2.24) is 4.98 Å². The molecule has 4 heteroatoms. The minimum Gasteiger partial charge on any atom is -0.449 e. The highest BCUT2D eigenvalue weighted by atomic mass is 16.7. The zero-order chi connectivity index (χ0) is 10.8. The fraction of sp³-hybridized carbons (Fsp3) is 0.0909. The van der Waals surface area contributed by atoms with Gasteiger partial charge in [0.15, 0.2) is 0 Å². The van der Waals surface area contributed by atoms with Crippen LogP contribution in [0.5, 0.6) is 5.75 Å². The number of carboxylic acid groups (broad SMARTS) is 1. The first-order chi connectivity index (χ1) is 7.16. The molecule has 0 atom stereocenters. The Labute approximate surface area is 86.1 Å². The molecule has 0 bridgehead atoms. The highest BCUT2D eigenvalue weighted by Crippen LogP contribution is 2.24. The smallest absolute Gasteiger partial charge is 0.449 e. The van der Waals surface area contributed by atoms with E-state index in [4.69, 9.17) is 5.11 Å². The average Bonchev–Trinajstić information content (AvgIpc) is 2.18. The maximum Gasteiger partial charge on any atom is 0.511 e. The third-order valence-corrected chi connectivity index (χ3v) is 2.02. The van der Waals surface area contributed by atoms with Crippen LogP contribution < -0.4 is 4.74 Å². The first kappa shape index (κ1) is 9.45. The van der Waals surface area contributed by atoms with Crippen molar-refractivity contribution in [2.24, 2.45) is 0 Å². The molecule has 0 spiro atoms. The van der Waals surface area contributed by atoms with Crippen molar-refractivity contribution in [2.75, 3.05) is 0 Å². The summed E-state index contributed by atoms with van der Waals surface area (Å²) in [4.78, 5) is 14.6. The van der Waals surface area contributed by atoms with E-state index in [0.717, 1.165) is 11.1 Å². The maximum atomic E-state index is 10.5. The lowest BCUT2D eigenvalue weighted by Crippen LogP contribution is -2.03. The highest BCUT2D eigenvalue weighted by molar-refractivity contribution is 5.87. The van der Waals surface area contributed by atoms with Gasteiger partial charge in [-0.15, -0.1) is 0 Å². The molecule has 76 valence electrons.